The fourth-order valence-corrected chi connectivity index (χ4v) is 4.83. The summed E-state index contributed by atoms with van der Waals surface area (Å²) in [6.07, 6.45) is 22.8. The maximum Gasteiger partial charge on any atom is 0.0619 e. The average molecular weight is 448 g/mol. The molecule has 6 rings (SSSR count). The smallest absolute Gasteiger partial charge is 0.0619 e. The Morgan fingerprint density at radius 2 is 1.17 bits per heavy atom. The van der Waals surface area contributed by atoms with Crippen molar-refractivity contribution in [2.24, 2.45) is 0 Å². The lowest BCUT2D eigenvalue weighted by molar-refractivity contribution is 1.19. The molecule has 0 atom stereocenters. The van der Waals surface area contributed by atoms with Crippen LogP contribution >= 0.6 is 0 Å². The fourth-order valence-electron chi connectivity index (χ4n) is 4.83. The molecule has 0 saturated carbocycles. The predicted octanol–water partition coefficient (Wildman–Crippen LogP) is 9.11. The highest BCUT2D eigenvalue weighted by Gasteiger charge is 2.14. The van der Waals surface area contributed by atoms with Crippen LogP contribution in [0.5, 0.6) is 0 Å². The van der Waals surface area contributed by atoms with E-state index in [9.17, 15) is 0 Å². The molecule has 0 bridgehead atoms. The minimum Gasteiger partial charge on any atom is -0.309 e. The van der Waals surface area contributed by atoms with E-state index in [-0.39, 0.29) is 0 Å². The van der Waals surface area contributed by atoms with E-state index >= 15 is 0 Å². The minimum atomic E-state index is 1.18. The van der Waals surface area contributed by atoms with E-state index in [4.69, 9.17) is 0 Å². The summed E-state index contributed by atoms with van der Waals surface area (Å²) in [6.45, 7) is 0. The molecule has 166 valence electrons. The van der Waals surface area contributed by atoms with Crippen LogP contribution in [0, 0.1) is 0 Å². The summed E-state index contributed by atoms with van der Waals surface area (Å²) >= 11 is 0. The van der Waals surface area contributed by atoms with Gasteiger partial charge in [-0.15, -0.1) is 0 Å². The third kappa shape index (κ3) is 3.98. The number of hydrogen-bond acceptors (Lipinski definition) is 0. The molecule has 1 aliphatic rings. The number of hydrogen-bond donors (Lipinski definition) is 0. The highest BCUT2D eigenvalue weighted by atomic mass is 15.0. The predicted molar refractivity (Wildman–Crippen MR) is 152 cm³/mol. The van der Waals surface area contributed by atoms with Gasteiger partial charge in [0, 0.05) is 21.8 Å². The maximum absolute atomic E-state index is 2.40. The minimum absolute atomic E-state index is 1.18. The molecule has 0 N–H and O–H groups in total. The number of para-hydroxylation sites is 2. The van der Waals surface area contributed by atoms with Gasteiger partial charge in [-0.2, -0.15) is 0 Å². The van der Waals surface area contributed by atoms with Gasteiger partial charge in [-0.05, 0) is 40.8 Å². The first kappa shape index (κ1) is 20.9. The van der Waals surface area contributed by atoms with Gasteiger partial charge in [0.25, 0.3) is 0 Å². The molecule has 5 aromatic rings. The van der Waals surface area contributed by atoms with Crippen LogP contribution < -0.4 is 0 Å². The van der Waals surface area contributed by atoms with E-state index in [1.807, 2.05) is 30.4 Å². The number of fused-ring (bicyclic) bond motifs is 5. The van der Waals surface area contributed by atoms with Crippen LogP contribution in [-0.4, -0.2) is 4.57 Å². The molecule has 1 aliphatic carbocycles. The molecule has 4 aromatic carbocycles. The van der Waals surface area contributed by atoms with Gasteiger partial charge in [-0.1, -0.05) is 127 Å². The van der Waals surface area contributed by atoms with E-state index in [1.54, 1.807) is 0 Å². The van der Waals surface area contributed by atoms with Gasteiger partial charge in [0.05, 0.1) is 11.0 Å². The van der Waals surface area contributed by atoms with Crippen LogP contribution in [-0.2, 0) is 0 Å². The molecular formula is C34H25N. The first-order valence-electron chi connectivity index (χ1n) is 12.0. The highest BCUT2D eigenvalue weighted by molar-refractivity contribution is 6.18. The van der Waals surface area contributed by atoms with Gasteiger partial charge < -0.3 is 4.57 Å². The van der Waals surface area contributed by atoms with E-state index < -0.39 is 0 Å². The lowest BCUT2D eigenvalue weighted by Gasteiger charge is -2.11. The van der Waals surface area contributed by atoms with Crippen molar-refractivity contribution in [3.8, 4) is 5.69 Å². The van der Waals surface area contributed by atoms with Crippen molar-refractivity contribution >= 4 is 38.2 Å². The first-order chi connectivity index (χ1) is 17.4. The summed E-state index contributed by atoms with van der Waals surface area (Å²) < 4.78 is 2.40. The summed E-state index contributed by atoms with van der Waals surface area (Å²) in [5, 5.41) is 5.05. The van der Waals surface area contributed by atoms with Gasteiger partial charge in [-0.3, -0.25) is 0 Å². The number of aromatic nitrogens is 1. The molecule has 0 radical (unpaired) electrons. The zero-order valence-corrected chi connectivity index (χ0v) is 19.4. The van der Waals surface area contributed by atoms with Crippen molar-refractivity contribution in [1.29, 1.82) is 0 Å². The lowest BCUT2D eigenvalue weighted by Crippen LogP contribution is -1.94. The van der Waals surface area contributed by atoms with Crippen molar-refractivity contribution in [2.75, 3.05) is 0 Å². The zero-order valence-electron chi connectivity index (χ0n) is 19.4. The summed E-state index contributed by atoms with van der Waals surface area (Å²) in [6, 6.07) is 30.7. The van der Waals surface area contributed by atoms with Gasteiger partial charge in [0.1, 0.15) is 0 Å². The van der Waals surface area contributed by atoms with E-state index in [2.05, 4.69) is 126 Å². The summed E-state index contributed by atoms with van der Waals surface area (Å²) in [4.78, 5) is 0. The van der Waals surface area contributed by atoms with Gasteiger partial charge >= 0.3 is 0 Å². The van der Waals surface area contributed by atoms with Crippen LogP contribution in [0.4, 0.5) is 0 Å². The molecule has 1 nitrogen and oxygen atoms in total. The first-order valence-corrected chi connectivity index (χ1v) is 12.0. The Hall–Kier alpha value is -4.62. The van der Waals surface area contributed by atoms with Crippen molar-refractivity contribution in [3.05, 3.63) is 157 Å². The Bertz CT molecular complexity index is 1720. The largest absolute Gasteiger partial charge is 0.309 e. The molecule has 35 heavy (non-hydrogen) atoms. The molecule has 0 amide bonds. The van der Waals surface area contributed by atoms with Crippen LogP contribution in [0.1, 0.15) is 5.56 Å². The lowest BCUT2D eigenvalue weighted by atomic mass is 9.98. The second-order valence-corrected chi connectivity index (χ2v) is 8.61. The Kier molecular flexibility index (Phi) is 5.58. The number of allylic oxidation sites excluding steroid dienone is 12. The third-order valence-corrected chi connectivity index (χ3v) is 6.44. The van der Waals surface area contributed by atoms with E-state index in [0.717, 1.165) is 0 Å². The summed E-state index contributed by atoms with van der Waals surface area (Å²) in [5.41, 5.74) is 6.04. The Morgan fingerprint density at radius 1 is 0.486 bits per heavy atom. The molecule has 1 aromatic heterocycles. The number of nitrogens with zero attached hydrogens (tertiary/aromatic N) is 1. The monoisotopic (exact) mass is 447 g/mol. The second-order valence-electron chi connectivity index (χ2n) is 8.61. The number of rotatable bonds is 2. The Morgan fingerprint density at radius 3 is 2.00 bits per heavy atom. The molecule has 0 spiro atoms. The maximum atomic E-state index is 2.40. The van der Waals surface area contributed by atoms with Gasteiger partial charge in [0.15, 0.2) is 0 Å². The van der Waals surface area contributed by atoms with Crippen LogP contribution in [0.2, 0.25) is 0 Å². The summed E-state index contributed by atoms with van der Waals surface area (Å²) in [5.74, 6) is 0. The quantitative estimate of drug-likeness (QED) is 0.254. The fraction of sp³-hybridized carbons (Fsp3) is 0. The van der Waals surface area contributed by atoms with Gasteiger partial charge in [0.2, 0.25) is 0 Å². The van der Waals surface area contributed by atoms with Crippen LogP contribution in [0.25, 0.3) is 43.8 Å². The van der Waals surface area contributed by atoms with E-state index in [0.29, 0.717) is 0 Å². The van der Waals surface area contributed by atoms with Crippen molar-refractivity contribution in [1.82, 2.24) is 4.57 Å². The van der Waals surface area contributed by atoms with Crippen LogP contribution in [0.15, 0.2) is 152 Å². The van der Waals surface area contributed by atoms with E-state index in [1.165, 1.54) is 49.4 Å². The van der Waals surface area contributed by atoms with Crippen molar-refractivity contribution in [2.45, 2.75) is 0 Å². The average Bonchev–Trinajstić information content (AvgIpc) is 3.24. The summed E-state index contributed by atoms with van der Waals surface area (Å²) in [7, 11) is 0. The Labute approximate surface area is 205 Å². The molecule has 0 aliphatic heterocycles. The standard InChI is InChI=1S/C34H25N/c1-2-4-6-9-15-26(16-10-7-5-3-1)27-21-23-30-28(25-27)22-24-32-31-19-13-14-20-33(31)35(34(30)32)29-17-11-8-12-18-29/h1-25H/b2-1-,3-1?,4-2?,5-3-,6-4+,7-5?,9-6?,10-7+,15-9-,16-10?,26-15?,26-16+. The van der Waals surface area contributed by atoms with Crippen molar-refractivity contribution in [3.63, 3.8) is 0 Å². The molecule has 0 unspecified atom stereocenters. The molecule has 0 saturated heterocycles. The SMILES string of the molecule is C1=C\C=C\C=C/C(c2ccc3c(ccc4c5ccccc5n(-c5ccccc5)c34)c2)=C\C=C\C=C/1. The second kappa shape index (κ2) is 9.32. The molecule has 1 heterocycles. The van der Waals surface area contributed by atoms with Crippen molar-refractivity contribution < 1.29 is 0 Å². The molecular weight excluding hydrogens is 422 g/mol. The highest BCUT2D eigenvalue weighted by Crippen LogP contribution is 2.37. The molecule has 0 fully saturated rings. The zero-order chi connectivity index (χ0) is 23.5. The molecule has 1 heteroatoms. The normalized spacial score (nSPS) is 19.9. The third-order valence-electron chi connectivity index (χ3n) is 6.44. The van der Waals surface area contributed by atoms with Crippen LogP contribution in [0.3, 0.4) is 0 Å². The topological polar surface area (TPSA) is 4.93 Å². The Balaban J connectivity index is 1.57. The number of benzene rings is 4. The van der Waals surface area contributed by atoms with Gasteiger partial charge in [-0.25, -0.2) is 0 Å².